The van der Waals surface area contributed by atoms with Crippen molar-refractivity contribution in [2.45, 2.75) is 0 Å². The van der Waals surface area contributed by atoms with E-state index < -0.39 is 0 Å². The summed E-state index contributed by atoms with van der Waals surface area (Å²) in [7, 11) is 4.04. The quantitative estimate of drug-likeness (QED) is 0.349. The number of rotatable bonds is 5. The van der Waals surface area contributed by atoms with Gasteiger partial charge in [-0.15, -0.1) is 11.3 Å². The standard InChI is InChI=1S/C21H18ClN5S/c1-27(2)17-9-3-14(4-10-17)11-25-26-20-19-18(12-28-21(19)24-13-23-20)15-5-7-16(22)8-6-15/h3-13H,1-2H3,(H,23,24,26)/b25-11-. The molecule has 2 heterocycles. The van der Waals surface area contributed by atoms with Gasteiger partial charge in [0, 0.05) is 35.7 Å². The molecule has 0 atom stereocenters. The van der Waals surface area contributed by atoms with Gasteiger partial charge >= 0.3 is 0 Å². The van der Waals surface area contributed by atoms with Gasteiger partial charge in [-0.2, -0.15) is 5.10 Å². The van der Waals surface area contributed by atoms with Crippen LogP contribution in [0.25, 0.3) is 21.3 Å². The van der Waals surface area contributed by atoms with Crippen LogP contribution in [0, 0.1) is 0 Å². The lowest BCUT2D eigenvalue weighted by Crippen LogP contribution is -2.08. The predicted octanol–water partition coefficient (Wildman–Crippen LogP) is 5.52. The van der Waals surface area contributed by atoms with Crippen LogP contribution in [0.2, 0.25) is 5.02 Å². The van der Waals surface area contributed by atoms with Crippen molar-refractivity contribution in [3.05, 3.63) is 70.8 Å². The zero-order valence-corrected chi connectivity index (χ0v) is 17.0. The molecule has 0 aliphatic rings. The lowest BCUT2D eigenvalue weighted by atomic mass is 10.1. The van der Waals surface area contributed by atoms with Gasteiger partial charge in [0.05, 0.1) is 11.6 Å². The van der Waals surface area contributed by atoms with Crippen LogP contribution in [-0.2, 0) is 0 Å². The number of anilines is 2. The molecular weight excluding hydrogens is 390 g/mol. The predicted molar refractivity (Wildman–Crippen MR) is 120 cm³/mol. The molecule has 7 heteroatoms. The van der Waals surface area contributed by atoms with E-state index in [2.05, 4.69) is 42.9 Å². The minimum Gasteiger partial charge on any atom is -0.378 e. The number of thiophene rings is 1. The molecule has 0 fully saturated rings. The van der Waals surface area contributed by atoms with Crippen molar-refractivity contribution in [1.82, 2.24) is 9.97 Å². The van der Waals surface area contributed by atoms with E-state index in [1.54, 1.807) is 23.9 Å². The minimum absolute atomic E-state index is 0.678. The third-order valence-electron chi connectivity index (χ3n) is 4.32. The Hall–Kier alpha value is -2.96. The van der Waals surface area contributed by atoms with Gasteiger partial charge in [0.2, 0.25) is 0 Å². The summed E-state index contributed by atoms with van der Waals surface area (Å²) in [6, 6.07) is 15.9. The summed E-state index contributed by atoms with van der Waals surface area (Å²) in [5, 5.41) is 8.11. The highest BCUT2D eigenvalue weighted by molar-refractivity contribution is 7.17. The summed E-state index contributed by atoms with van der Waals surface area (Å²) in [5.74, 6) is 0.678. The molecule has 0 spiro atoms. The van der Waals surface area contributed by atoms with Gasteiger partial charge in [-0.25, -0.2) is 9.97 Å². The number of fused-ring (bicyclic) bond motifs is 1. The molecule has 0 radical (unpaired) electrons. The van der Waals surface area contributed by atoms with Gasteiger partial charge in [0.1, 0.15) is 11.2 Å². The van der Waals surface area contributed by atoms with Crippen molar-refractivity contribution in [2.24, 2.45) is 5.10 Å². The second-order valence-corrected chi connectivity index (χ2v) is 7.71. The molecule has 0 saturated heterocycles. The number of hydrogen-bond acceptors (Lipinski definition) is 6. The molecule has 0 saturated carbocycles. The fourth-order valence-corrected chi connectivity index (χ4v) is 3.87. The molecule has 2 aromatic heterocycles. The summed E-state index contributed by atoms with van der Waals surface area (Å²) in [5.41, 5.74) is 7.35. The Labute approximate surface area is 172 Å². The fraction of sp³-hybridized carbons (Fsp3) is 0.0952. The number of halogens is 1. The Morgan fingerprint density at radius 3 is 2.50 bits per heavy atom. The molecule has 4 rings (SSSR count). The van der Waals surface area contributed by atoms with Crippen LogP contribution in [0.3, 0.4) is 0 Å². The molecule has 0 bridgehead atoms. The second kappa shape index (κ2) is 7.96. The maximum absolute atomic E-state index is 6.02. The highest BCUT2D eigenvalue weighted by Crippen LogP contribution is 2.36. The summed E-state index contributed by atoms with van der Waals surface area (Å²) in [4.78, 5) is 11.7. The number of hydrogen-bond donors (Lipinski definition) is 1. The van der Waals surface area contributed by atoms with E-state index in [1.807, 2.05) is 50.5 Å². The van der Waals surface area contributed by atoms with Gasteiger partial charge in [0.25, 0.3) is 0 Å². The van der Waals surface area contributed by atoms with E-state index in [0.717, 1.165) is 32.6 Å². The van der Waals surface area contributed by atoms with E-state index in [1.165, 1.54) is 0 Å². The highest BCUT2D eigenvalue weighted by atomic mass is 35.5. The first kappa shape index (κ1) is 18.4. The Balaban J connectivity index is 1.62. The molecule has 0 unspecified atom stereocenters. The first-order valence-corrected chi connectivity index (χ1v) is 9.92. The zero-order chi connectivity index (χ0) is 19.5. The number of nitrogens with zero attached hydrogens (tertiary/aromatic N) is 4. The van der Waals surface area contributed by atoms with Crippen molar-refractivity contribution in [2.75, 3.05) is 24.4 Å². The van der Waals surface area contributed by atoms with Gasteiger partial charge in [-0.3, -0.25) is 5.43 Å². The Morgan fingerprint density at radius 1 is 1.04 bits per heavy atom. The Morgan fingerprint density at radius 2 is 1.79 bits per heavy atom. The van der Waals surface area contributed by atoms with Gasteiger partial charge in [-0.05, 0) is 35.4 Å². The topological polar surface area (TPSA) is 53.4 Å². The third kappa shape index (κ3) is 3.83. The van der Waals surface area contributed by atoms with Crippen molar-refractivity contribution in [3.63, 3.8) is 0 Å². The van der Waals surface area contributed by atoms with Crippen molar-refractivity contribution in [3.8, 4) is 11.1 Å². The van der Waals surface area contributed by atoms with Crippen LogP contribution in [0.5, 0.6) is 0 Å². The smallest absolute Gasteiger partial charge is 0.159 e. The molecule has 4 aromatic rings. The van der Waals surface area contributed by atoms with Crippen LogP contribution >= 0.6 is 22.9 Å². The monoisotopic (exact) mass is 407 g/mol. The van der Waals surface area contributed by atoms with E-state index in [9.17, 15) is 0 Å². The average molecular weight is 408 g/mol. The minimum atomic E-state index is 0.678. The zero-order valence-electron chi connectivity index (χ0n) is 15.4. The fourth-order valence-electron chi connectivity index (χ4n) is 2.83. The molecule has 1 N–H and O–H groups in total. The maximum atomic E-state index is 6.02. The molecule has 140 valence electrons. The number of hydrazone groups is 1. The Kier molecular flexibility index (Phi) is 5.23. The van der Waals surface area contributed by atoms with Crippen molar-refractivity contribution < 1.29 is 0 Å². The normalized spacial score (nSPS) is 11.2. The highest BCUT2D eigenvalue weighted by Gasteiger charge is 2.12. The first-order valence-electron chi connectivity index (χ1n) is 8.66. The summed E-state index contributed by atoms with van der Waals surface area (Å²) >= 11 is 7.60. The summed E-state index contributed by atoms with van der Waals surface area (Å²) < 4.78 is 0. The number of benzene rings is 2. The summed E-state index contributed by atoms with van der Waals surface area (Å²) in [6.45, 7) is 0. The van der Waals surface area contributed by atoms with E-state index >= 15 is 0 Å². The molecule has 5 nitrogen and oxygen atoms in total. The van der Waals surface area contributed by atoms with Crippen LogP contribution in [0.4, 0.5) is 11.5 Å². The SMILES string of the molecule is CN(C)c1ccc(/C=N\Nc2ncnc3scc(-c4ccc(Cl)cc4)c23)cc1. The molecule has 0 aliphatic heterocycles. The van der Waals surface area contributed by atoms with E-state index in [-0.39, 0.29) is 0 Å². The lowest BCUT2D eigenvalue weighted by molar-refractivity contribution is 1.13. The molecule has 0 amide bonds. The second-order valence-electron chi connectivity index (χ2n) is 6.41. The molecule has 0 aliphatic carbocycles. The lowest BCUT2D eigenvalue weighted by Gasteiger charge is -2.11. The van der Waals surface area contributed by atoms with Gasteiger partial charge < -0.3 is 4.90 Å². The average Bonchev–Trinajstić information content (AvgIpc) is 3.14. The maximum Gasteiger partial charge on any atom is 0.159 e. The molecule has 28 heavy (non-hydrogen) atoms. The van der Waals surface area contributed by atoms with Gasteiger partial charge in [0.15, 0.2) is 5.82 Å². The van der Waals surface area contributed by atoms with Gasteiger partial charge in [-0.1, -0.05) is 35.9 Å². The molecule has 2 aromatic carbocycles. The summed E-state index contributed by atoms with van der Waals surface area (Å²) in [6.07, 6.45) is 3.33. The largest absolute Gasteiger partial charge is 0.378 e. The number of nitrogens with one attached hydrogen (secondary N) is 1. The van der Waals surface area contributed by atoms with Crippen molar-refractivity contribution in [1.29, 1.82) is 0 Å². The first-order chi connectivity index (χ1) is 13.6. The van der Waals surface area contributed by atoms with Crippen LogP contribution in [0.15, 0.2) is 65.3 Å². The van der Waals surface area contributed by atoms with Crippen LogP contribution in [-0.4, -0.2) is 30.3 Å². The van der Waals surface area contributed by atoms with E-state index in [4.69, 9.17) is 11.6 Å². The number of aromatic nitrogens is 2. The Bertz CT molecular complexity index is 1120. The third-order valence-corrected chi connectivity index (χ3v) is 5.46. The van der Waals surface area contributed by atoms with Crippen molar-refractivity contribution >= 4 is 50.9 Å². The van der Waals surface area contributed by atoms with Crippen LogP contribution in [0.1, 0.15) is 5.56 Å². The van der Waals surface area contributed by atoms with E-state index in [0.29, 0.717) is 10.8 Å². The molecular formula is C21H18ClN5S. The van der Waals surface area contributed by atoms with Crippen LogP contribution < -0.4 is 10.3 Å².